The Kier molecular flexibility index (Phi) is 6.87. The van der Waals surface area contributed by atoms with Gasteiger partial charge in [0.15, 0.2) is 0 Å². The zero-order valence-electron chi connectivity index (χ0n) is 17.8. The molecule has 1 amide bonds. The predicted molar refractivity (Wildman–Crippen MR) is 126 cm³/mol. The van der Waals surface area contributed by atoms with Crippen LogP contribution in [0.25, 0.3) is 6.08 Å². The van der Waals surface area contributed by atoms with Crippen LogP contribution < -0.4 is 11.1 Å². The van der Waals surface area contributed by atoms with Crippen molar-refractivity contribution in [2.24, 2.45) is 4.99 Å². The summed E-state index contributed by atoms with van der Waals surface area (Å²) in [5, 5.41) is 3.56. The topological polar surface area (TPSA) is 98.2 Å². The van der Waals surface area contributed by atoms with E-state index in [1.165, 1.54) is 0 Å². The van der Waals surface area contributed by atoms with Crippen LogP contribution in [0.1, 0.15) is 45.4 Å². The van der Waals surface area contributed by atoms with Gasteiger partial charge in [-0.2, -0.15) is 0 Å². The van der Waals surface area contributed by atoms with Gasteiger partial charge in [0, 0.05) is 35.6 Å². The lowest BCUT2D eigenvalue weighted by Gasteiger charge is -2.10. The summed E-state index contributed by atoms with van der Waals surface area (Å²) < 4.78 is 1.85. The zero-order valence-corrected chi connectivity index (χ0v) is 18.6. The Hall–Kier alpha value is -3.45. The first-order chi connectivity index (χ1) is 14.8. The maximum atomic E-state index is 12.6. The van der Waals surface area contributed by atoms with Gasteiger partial charge in [0.2, 0.25) is 0 Å². The predicted octanol–water partition coefficient (Wildman–Crippen LogP) is 4.39. The summed E-state index contributed by atoms with van der Waals surface area (Å²) in [5.41, 5.74) is 11.5. The van der Waals surface area contributed by atoms with Crippen LogP contribution in [0.2, 0.25) is 0 Å². The number of nitrogens with two attached hydrogens (primary N) is 1. The van der Waals surface area contributed by atoms with Gasteiger partial charge in [-0.15, -0.1) is 0 Å². The molecule has 0 aliphatic heterocycles. The van der Waals surface area contributed by atoms with Gasteiger partial charge in [-0.25, -0.2) is 9.97 Å². The molecule has 2 heterocycles. The third-order valence-electron chi connectivity index (χ3n) is 4.85. The van der Waals surface area contributed by atoms with Crippen LogP contribution in [-0.2, 0) is 13.1 Å². The summed E-state index contributed by atoms with van der Waals surface area (Å²) in [4.78, 5) is 25.1. The number of aromatic nitrogens is 3. The molecular weight excluding hydrogens is 412 g/mol. The second kappa shape index (κ2) is 9.57. The third kappa shape index (κ3) is 5.58. The monoisotopic (exact) mass is 436 g/mol. The van der Waals surface area contributed by atoms with Crippen LogP contribution >= 0.6 is 11.6 Å². The molecule has 0 aliphatic rings. The number of hydrogen-bond acceptors (Lipinski definition) is 5. The second-order valence-electron chi connectivity index (χ2n) is 7.32. The Morgan fingerprint density at radius 2 is 2.13 bits per heavy atom. The molecule has 0 saturated heterocycles. The number of aliphatic imine (C=N–C) groups is 1. The van der Waals surface area contributed by atoms with Gasteiger partial charge in [0.25, 0.3) is 5.91 Å². The minimum atomic E-state index is -0.248. The van der Waals surface area contributed by atoms with Crippen molar-refractivity contribution < 1.29 is 4.79 Å². The summed E-state index contributed by atoms with van der Waals surface area (Å²) in [5.74, 6) is 0.225. The highest BCUT2D eigenvalue weighted by molar-refractivity contribution is 6.31. The van der Waals surface area contributed by atoms with Crippen molar-refractivity contribution in [1.29, 1.82) is 0 Å². The molecule has 3 rings (SSSR count). The minimum Gasteiger partial charge on any atom is -0.384 e. The molecule has 3 N–H and O–H groups in total. The molecule has 0 unspecified atom stereocenters. The van der Waals surface area contributed by atoms with Crippen molar-refractivity contribution in [3.05, 3.63) is 75.5 Å². The van der Waals surface area contributed by atoms with Gasteiger partial charge < -0.3 is 15.6 Å². The fourth-order valence-corrected chi connectivity index (χ4v) is 3.48. The van der Waals surface area contributed by atoms with Gasteiger partial charge in [-0.05, 0) is 68.5 Å². The van der Waals surface area contributed by atoms with E-state index in [9.17, 15) is 4.79 Å². The van der Waals surface area contributed by atoms with Crippen molar-refractivity contribution >= 4 is 41.8 Å². The van der Waals surface area contributed by atoms with E-state index in [2.05, 4.69) is 27.0 Å². The fourth-order valence-electron chi connectivity index (χ4n) is 3.37. The van der Waals surface area contributed by atoms with Crippen molar-refractivity contribution in [1.82, 2.24) is 19.9 Å². The molecule has 3 aromatic rings. The summed E-state index contributed by atoms with van der Waals surface area (Å²) in [6.45, 7) is 10.1. The standard InChI is InChI=1S/C23H25ClN6O/c1-14-7-22(25)29-16(3)19(14)10-27-23(31)21-12-30(13-28-21)11-17-5-6-20(26-4)18(9-17)8-15(2)24/h5-9,12-13H,4,10-11H2,1-3H3,(H2,25,29)(H,27,31)/b15-8+. The Bertz CT molecular complexity index is 1140. The SMILES string of the molecule is C=Nc1ccc(Cn2cnc(C(=O)NCc3c(C)cc(N)nc3C)c2)cc1/C=C(\C)Cl. The first-order valence-electron chi connectivity index (χ1n) is 9.73. The maximum absolute atomic E-state index is 12.6. The zero-order chi connectivity index (χ0) is 22.5. The van der Waals surface area contributed by atoms with Crippen LogP contribution in [0.4, 0.5) is 11.5 Å². The molecule has 0 fully saturated rings. The normalized spacial score (nSPS) is 11.4. The summed E-state index contributed by atoms with van der Waals surface area (Å²) in [6, 6.07) is 7.65. The Morgan fingerprint density at radius 3 is 2.81 bits per heavy atom. The number of imidazole rings is 1. The first-order valence-corrected chi connectivity index (χ1v) is 10.1. The maximum Gasteiger partial charge on any atom is 0.271 e. The van der Waals surface area contributed by atoms with E-state index in [0.29, 0.717) is 29.6 Å². The molecule has 0 spiro atoms. The Labute approximate surface area is 186 Å². The number of pyridine rings is 1. The molecule has 2 aromatic heterocycles. The number of carbonyl (C=O) groups is 1. The van der Waals surface area contributed by atoms with Crippen molar-refractivity contribution in [3.8, 4) is 0 Å². The highest BCUT2D eigenvalue weighted by Crippen LogP contribution is 2.24. The lowest BCUT2D eigenvalue weighted by Crippen LogP contribution is -2.24. The molecule has 160 valence electrons. The number of nitrogen functional groups attached to an aromatic ring is 1. The minimum absolute atomic E-state index is 0.248. The number of allylic oxidation sites excluding steroid dienone is 1. The molecular formula is C23H25ClN6O. The lowest BCUT2D eigenvalue weighted by molar-refractivity contribution is 0.0946. The van der Waals surface area contributed by atoms with E-state index in [-0.39, 0.29) is 5.91 Å². The van der Waals surface area contributed by atoms with E-state index in [0.717, 1.165) is 33.6 Å². The van der Waals surface area contributed by atoms with E-state index >= 15 is 0 Å². The average molecular weight is 437 g/mol. The number of hydrogen-bond donors (Lipinski definition) is 2. The Morgan fingerprint density at radius 1 is 1.35 bits per heavy atom. The number of amides is 1. The van der Waals surface area contributed by atoms with Gasteiger partial charge >= 0.3 is 0 Å². The van der Waals surface area contributed by atoms with Gasteiger partial charge in [0.05, 0.1) is 12.0 Å². The van der Waals surface area contributed by atoms with Crippen LogP contribution in [0, 0.1) is 13.8 Å². The van der Waals surface area contributed by atoms with Gasteiger partial charge in [-0.1, -0.05) is 17.7 Å². The molecule has 8 heteroatoms. The molecule has 7 nitrogen and oxygen atoms in total. The smallest absolute Gasteiger partial charge is 0.271 e. The largest absolute Gasteiger partial charge is 0.384 e. The number of benzene rings is 1. The van der Waals surface area contributed by atoms with Gasteiger partial charge in [-0.3, -0.25) is 9.79 Å². The van der Waals surface area contributed by atoms with E-state index in [1.54, 1.807) is 18.6 Å². The number of carbonyl (C=O) groups excluding carboxylic acids is 1. The molecule has 0 saturated carbocycles. The molecule has 31 heavy (non-hydrogen) atoms. The number of rotatable bonds is 7. The quantitative estimate of drug-likeness (QED) is 0.536. The summed E-state index contributed by atoms with van der Waals surface area (Å²) >= 11 is 6.02. The lowest BCUT2D eigenvalue weighted by atomic mass is 10.1. The highest BCUT2D eigenvalue weighted by Gasteiger charge is 2.12. The Balaban J connectivity index is 1.70. The summed E-state index contributed by atoms with van der Waals surface area (Å²) in [7, 11) is 0. The number of nitrogens with zero attached hydrogens (tertiary/aromatic N) is 4. The van der Waals surface area contributed by atoms with E-state index in [4.69, 9.17) is 17.3 Å². The fraction of sp³-hybridized carbons (Fsp3) is 0.217. The number of halogens is 1. The average Bonchev–Trinajstić information content (AvgIpc) is 3.15. The molecule has 0 radical (unpaired) electrons. The third-order valence-corrected chi connectivity index (χ3v) is 4.96. The van der Waals surface area contributed by atoms with Crippen molar-refractivity contribution in [2.75, 3.05) is 5.73 Å². The van der Waals surface area contributed by atoms with Gasteiger partial charge in [0.1, 0.15) is 11.5 Å². The second-order valence-corrected chi connectivity index (χ2v) is 7.92. The highest BCUT2D eigenvalue weighted by atomic mass is 35.5. The summed E-state index contributed by atoms with van der Waals surface area (Å²) in [6.07, 6.45) is 5.20. The van der Waals surface area contributed by atoms with Crippen LogP contribution in [0.5, 0.6) is 0 Å². The number of aryl methyl sites for hydroxylation is 2. The van der Waals surface area contributed by atoms with Crippen LogP contribution in [0.15, 0.2) is 46.8 Å². The molecule has 0 atom stereocenters. The molecule has 0 aliphatic carbocycles. The van der Waals surface area contributed by atoms with E-state index in [1.807, 2.05) is 49.6 Å². The number of nitrogens with one attached hydrogen (secondary N) is 1. The molecule has 0 bridgehead atoms. The van der Waals surface area contributed by atoms with E-state index < -0.39 is 0 Å². The first kappa shape index (κ1) is 22.2. The van der Waals surface area contributed by atoms with Crippen molar-refractivity contribution in [2.45, 2.75) is 33.9 Å². The van der Waals surface area contributed by atoms with Crippen molar-refractivity contribution in [3.63, 3.8) is 0 Å². The number of anilines is 1. The van der Waals surface area contributed by atoms with Crippen LogP contribution in [0.3, 0.4) is 0 Å². The van der Waals surface area contributed by atoms with Crippen LogP contribution in [-0.4, -0.2) is 27.2 Å². The molecule has 1 aromatic carbocycles.